The van der Waals surface area contributed by atoms with Crippen molar-refractivity contribution < 1.29 is 31.3 Å². The van der Waals surface area contributed by atoms with Crippen LogP contribution in [0.25, 0.3) is 0 Å². The van der Waals surface area contributed by atoms with Crippen LogP contribution in [0.15, 0.2) is 0 Å². The van der Waals surface area contributed by atoms with Gasteiger partial charge in [0, 0.05) is 38.4 Å². The number of nitrogens with zero attached hydrogens (tertiary/aromatic N) is 1. The number of hydrogen-bond donors (Lipinski definition) is 2. The number of piperidine rings is 2. The van der Waals surface area contributed by atoms with Crippen molar-refractivity contribution in [3.05, 3.63) is 0 Å². The molecule has 2 aliphatic carbocycles. The van der Waals surface area contributed by atoms with Crippen LogP contribution in [0, 0.1) is 16.7 Å². The van der Waals surface area contributed by atoms with E-state index in [1.165, 1.54) is 0 Å². The first kappa shape index (κ1) is 23.5. The molecule has 2 heterocycles. The summed E-state index contributed by atoms with van der Waals surface area (Å²) in [6.45, 7) is 4.77. The van der Waals surface area contributed by atoms with Gasteiger partial charge in [0.1, 0.15) is 5.78 Å². The number of carbonyl (C=O) groups is 2. The van der Waals surface area contributed by atoms with Crippen molar-refractivity contribution in [2.45, 2.75) is 70.8 Å². The number of carbonyl (C=O) groups excluding carboxylic acids is 2. The van der Waals surface area contributed by atoms with Crippen molar-refractivity contribution in [3.8, 4) is 0 Å². The summed E-state index contributed by atoms with van der Waals surface area (Å²) < 4.78 is 57.2. The molecule has 2 saturated heterocycles. The number of rotatable bonds is 3. The molecule has 2 bridgehead atoms. The van der Waals surface area contributed by atoms with Crippen LogP contribution in [0.4, 0.5) is 8.78 Å². The summed E-state index contributed by atoms with van der Waals surface area (Å²) in [4.78, 5) is 25.1. The highest BCUT2D eigenvalue weighted by Gasteiger charge is 2.65. The van der Waals surface area contributed by atoms with E-state index in [0.29, 0.717) is 32.4 Å². The van der Waals surface area contributed by atoms with E-state index in [2.05, 4.69) is 5.32 Å². The van der Waals surface area contributed by atoms with Crippen LogP contribution in [0.5, 0.6) is 0 Å². The molecule has 2 aliphatic heterocycles. The van der Waals surface area contributed by atoms with Gasteiger partial charge in [0.2, 0.25) is 5.91 Å². The number of alkyl halides is 2. The molecule has 172 valence electrons. The summed E-state index contributed by atoms with van der Waals surface area (Å²) in [5, 5.41) is 2.70. The molecule has 1 unspecified atom stereocenters. The van der Waals surface area contributed by atoms with E-state index in [4.69, 9.17) is 4.55 Å². The number of Topliss-reactive ketones (excluding diaryl/α,β-unsaturated/α-hetero) is 1. The second-order valence-corrected chi connectivity index (χ2v) is 11.2. The maximum atomic E-state index is 13.1. The first-order valence-electron chi connectivity index (χ1n) is 10.6. The highest BCUT2D eigenvalue weighted by Crippen LogP contribution is 2.64. The molecule has 30 heavy (non-hydrogen) atoms. The lowest BCUT2D eigenvalue weighted by Crippen LogP contribution is -2.56. The Morgan fingerprint density at radius 1 is 1.23 bits per heavy atom. The minimum atomic E-state index is -4.08. The largest absolute Gasteiger partial charge is 0.338 e. The van der Waals surface area contributed by atoms with Gasteiger partial charge < -0.3 is 10.2 Å². The first-order chi connectivity index (χ1) is 13.8. The van der Waals surface area contributed by atoms with E-state index in [1.807, 2.05) is 13.8 Å². The predicted octanol–water partition coefficient (Wildman–Crippen LogP) is 2.27. The normalized spacial score (nSPS) is 35.2. The Labute approximate surface area is 176 Å². The van der Waals surface area contributed by atoms with Gasteiger partial charge in [-0.3, -0.25) is 14.1 Å². The monoisotopic (exact) mass is 450 g/mol. The Morgan fingerprint density at radius 3 is 2.43 bits per heavy atom. The van der Waals surface area contributed by atoms with Gasteiger partial charge in [0.05, 0.1) is 17.7 Å². The summed E-state index contributed by atoms with van der Waals surface area (Å²) in [5.41, 5.74) is -1.12. The molecule has 0 aromatic heterocycles. The lowest BCUT2D eigenvalue weighted by atomic mass is 9.70. The molecule has 1 amide bonds. The summed E-state index contributed by atoms with van der Waals surface area (Å²) in [5.74, 6) is -2.73. The zero-order valence-electron chi connectivity index (χ0n) is 17.6. The maximum absolute atomic E-state index is 13.1. The second kappa shape index (κ2) is 8.09. The smallest absolute Gasteiger partial charge is 0.265 e. The number of hydrogen-bond acceptors (Lipinski definition) is 5. The lowest BCUT2D eigenvalue weighted by Gasteiger charge is -2.39. The molecule has 0 aromatic rings. The van der Waals surface area contributed by atoms with Gasteiger partial charge >= 0.3 is 0 Å². The van der Waals surface area contributed by atoms with Gasteiger partial charge in [0.25, 0.3) is 16.0 Å². The molecule has 10 heteroatoms. The third-order valence-corrected chi connectivity index (χ3v) is 8.52. The van der Waals surface area contributed by atoms with Crippen molar-refractivity contribution in [3.63, 3.8) is 0 Å². The van der Waals surface area contributed by atoms with Crippen molar-refractivity contribution in [2.75, 3.05) is 25.4 Å². The predicted molar refractivity (Wildman–Crippen MR) is 107 cm³/mol. The van der Waals surface area contributed by atoms with Crippen LogP contribution in [-0.2, 0) is 19.7 Å². The van der Waals surface area contributed by atoms with E-state index in [0.717, 1.165) is 19.3 Å². The van der Waals surface area contributed by atoms with Crippen molar-refractivity contribution >= 4 is 21.8 Å². The zero-order chi connectivity index (χ0) is 22.4. The highest BCUT2D eigenvalue weighted by molar-refractivity contribution is 7.85. The molecule has 0 radical (unpaired) electrons. The molecule has 7 nitrogen and oxygen atoms in total. The Morgan fingerprint density at radius 2 is 1.93 bits per heavy atom. The van der Waals surface area contributed by atoms with E-state index < -0.39 is 27.2 Å². The molecule has 3 atom stereocenters. The van der Waals surface area contributed by atoms with Crippen LogP contribution >= 0.6 is 0 Å². The van der Waals surface area contributed by atoms with Gasteiger partial charge in [-0.05, 0) is 37.0 Å². The van der Waals surface area contributed by atoms with Gasteiger partial charge in [0.15, 0.2) is 0 Å². The zero-order valence-corrected chi connectivity index (χ0v) is 18.4. The van der Waals surface area contributed by atoms with Crippen molar-refractivity contribution in [2.24, 2.45) is 16.7 Å². The minimum absolute atomic E-state index is 0.0152. The number of ketones is 1. The fourth-order valence-corrected chi connectivity index (χ4v) is 7.06. The molecule has 2 saturated carbocycles. The molecular weight excluding hydrogens is 418 g/mol. The Bertz CT molecular complexity index is 801. The van der Waals surface area contributed by atoms with Crippen LogP contribution in [0.1, 0.15) is 58.8 Å². The number of nitrogens with one attached hydrogen (secondary N) is 1. The fourth-order valence-electron chi connectivity index (χ4n) is 5.76. The lowest BCUT2D eigenvalue weighted by molar-refractivity contribution is -0.139. The summed E-state index contributed by atoms with van der Waals surface area (Å²) in [6, 6.07) is -0.318. The standard InChI is InChI=1S/C10H16F2N2O.C10H16O4S/c11-10(12)5-8(6-13-7-10)14-4-2-1-3-9(14)15;1-9(2)7-3-4-10(9,8(11)5-7)6-15(12,13)14/h8,13H,1-7H2;7H,3-6H2,1-2H3,(H,12,13,14)/t8-;7?,10-/m11/s1. The van der Waals surface area contributed by atoms with E-state index in [-0.39, 0.29) is 42.0 Å². The van der Waals surface area contributed by atoms with Gasteiger partial charge in [-0.15, -0.1) is 0 Å². The number of likely N-dealkylation sites (tertiary alicyclic amines) is 1. The second-order valence-electron chi connectivity index (χ2n) is 9.78. The van der Waals surface area contributed by atoms with Gasteiger partial charge in [-0.1, -0.05) is 13.8 Å². The molecule has 4 aliphatic rings. The summed E-state index contributed by atoms with van der Waals surface area (Å²) in [7, 11) is -4.08. The summed E-state index contributed by atoms with van der Waals surface area (Å²) >= 11 is 0. The Hall–Kier alpha value is -1.13. The van der Waals surface area contributed by atoms with Crippen LogP contribution in [-0.4, -0.2) is 66.9 Å². The fraction of sp³-hybridized carbons (Fsp3) is 0.900. The average Bonchev–Trinajstić information content (AvgIpc) is 2.94. The average molecular weight is 451 g/mol. The minimum Gasteiger partial charge on any atom is -0.338 e. The molecule has 0 spiro atoms. The molecule has 4 fully saturated rings. The van der Waals surface area contributed by atoms with Crippen LogP contribution in [0.3, 0.4) is 0 Å². The van der Waals surface area contributed by atoms with E-state index >= 15 is 0 Å². The highest BCUT2D eigenvalue weighted by atomic mass is 32.2. The number of fused-ring (bicyclic) bond motifs is 2. The third-order valence-electron chi connectivity index (χ3n) is 7.67. The van der Waals surface area contributed by atoms with Gasteiger partial charge in [-0.25, -0.2) is 8.78 Å². The molecule has 2 N–H and O–H groups in total. The maximum Gasteiger partial charge on any atom is 0.265 e. The van der Waals surface area contributed by atoms with E-state index in [9.17, 15) is 26.8 Å². The number of amides is 1. The Kier molecular flexibility index (Phi) is 6.35. The van der Waals surface area contributed by atoms with E-state index in [1.54, 1.807) is 4.90 Å². The van der Waals surface area contributed by atoms with Crippen LogP contribution in [0.2, 0.25) is 0 Å². The van der Waals surface area contributed by atoms with Gasteiger partial charge in [-0.2, -0.15) is 8.42 Å². The summed E-state index contributed by atoms with van der Waals surface area (Å²) in [6.07, 6.45) is 4.13. The van der Waals surface area contributed by atoms with Crippen LogP contribution < -0.4 is 5.32 Å². The third kappa shape index (κ3) is 4.55. The number of halogens is 2. The quantitative estimate of drug-likeness (QED) is 0.640. The molecular formula is C20H32F2N2O5S. The Balaban J connectivity index is 0.000000171. The van der Waals surface area contributed by atoms with Crippen molar-refractivity contribution in [1.29, 1.82) is 0 Å². The SMILES string of the molecule is CC1(C)C2CC[C@@]1(CS(=O)(=O)O)C(=O)C2.O=C1CCCCN1[C@H]1CNCC(F)(F)C1. The molecule has 0 aromatic carbocycles. The topological polar surface area (TPSA) is 104 Å². The first-order valence-corrected chi connectivity index (χ1v) is 12.2. The molecule has 4 rings (SSSR count). The van der Waals surface area contributed by atoms with Crippen molar-refractivity contribution in [1.82, 2.24) is 10.2 Å².